The summed E-state index contributed by atoms with van der Waals surface area (Å²) in [5.74, 6) is -0.341. The average molecular weight is 261 g/mol. The Labute approximate surface area is 112 Å². The molecule has 1 aliphatic rings. The van der Waals surface area contributed by atoms with Gasteiger partial charge < -0.3 is 16.4 Å². The molecule has 1 aromatic carbocycles. The maximum Gasteiger partial charge on any atom is 0.315 e. The summed E-state index contributed by atoms with van der Waals surface area (Å²) in [7, 11) is 0. The Kier molecular flexibility index (Phi) is 4.39. The molecule has 0 saturated carbocycles. The number of aryl methyl sites for hydroxylation is 1. The summed E-state index contributed by atoms with van der Waals surface area (Å²) >= 11 is 0. The van der Waals surface area contributed by atoms with Gasteiger partial charge in [0.15, 0.2) is 0 Å². The molecule has 19 heavy (non-hydrogen) atoms. The van der Waals surface area contributed by atoms with Gasteiger partial charge in [-0.15, -0.1) is 0 Å². The van der Waals surface area contributed by atoms with Gasteiger partial charge >= 0.3 is 6.03 Å². The van der Waals surface area contributed by atoms with Gasteiger partial charge in [0.2, 0.25) is 5.91 Å². The zero-order valence-corrected chi connectivity index (χ0v) is 10.8. The number of amides is 3. The van der Waals surface area contributed by atoms with E-state index in [1.165, 1.54) is 11.1 Å². The minimum absolute atomic E-state index is 0.0901. The van der Waals surface area contributed by atoms with E-state index in [1.54, 1.807) is 0 Å². The van der Waals surface area contributed by atoms with E-state index in [0.29, 0.717) is 19.4 Å². The number of benzene rings is 1. The highest BCUT2D eigenvalue weighted by Gasteiger charge is 2.22. The van der Waals surface area contributed by atoms with Crippen molar-refractivity contribution in [2.45, 2.75) is 31.7 Å². The van der Waals surface area contributed by atoms with Crippen molar-refractivity contribution in [1.29, 1.82) is 0 Å². The second-order valence-electron chi connectivity index (χ2n) is 4.76. The predicted octanol–water partition coefficient (Wildman–Crippen LogP) is 1.24. The summed E-state index contributed by atoms with van der Waals surface area (Å²) in [5.41, 5.74) is 7.54. The van der Waals surface area contributed by atoms with Crippen molar-refractivity contribution in [2.75, 3.05) is 6.54 Å². The molecule has 0 radical (unpaired) electrons. The molecule has 0 fully saturated rings. The lowest BCUT2D eigenvalue weighted by Crippen LogP contribution is -2.38. The molecule has 4 N–H and O–H groups in total. The molecule has 5 nitrogen and oxygen atoms in total. The fraction of sp³-hybridized carbons (Fsp3) is 0.429. The lowest BCUT2D eigenvalue weighted by Gasteiger charge is -2.14. The van der Waals surface area contributed by atoms with Gasteiger partial charge in [-0.25, -0.2) is 4.79 Å². The first-order valence-electron chi connectivity index (χ1n) is 6.57. The highest BCUT2D eigenvalue weighted by molar-refractivity contribution is 5.75. The quantitative estimate of drug-likeness (QED) is 0.697. The number of carbonyl (C=O) groups is 2. The summed E-state index contributed by atoms with van der Waals surface area (Å²) < 4.78 is 0. The molecule has 0 aromatic heterocycles. The van der Waals surface area contributed by atoms with Gasteiger partial charge in [0.25, 0.3) is 0 Å². The van der Waals surface area contributed by atoms with E-state index in [1.807, 2.05) is 12.1 Å². The van der Waals surface area contributed by atoms with Gasteiger partial charge in [-0.05, 0) is 30.4 Å². The van der Waals surface area contributed by atoms with Gasteiger partial charge in [-0.3, -0.25) is 4.79 Å². The van der Waals surface area contributed by atoms with Crippen LogP contribution in [0.1, 0.15) is 36.4 Å². The molecule has 102 valence electrons. The Balaban J connectivity index is 1.76. The minimum Gasteiger partial charge on any atom is -0.370 e. The normalized spacial score (nSPS) is 16.7. The van der Waals surface area contributed by atoms with Crippen LogP contribution in [0.25, 0.3) is 0 Å². The maximum absolute atomic E-state index is 11.7. The summed E-state index contributed by atoms with van der Waals surface area (Å²) in [5, 5.41) is 5.69. The van der Waals surface area contributed by atoms with Crippen LogP contribution in [0.2, 0.25) is 0 Å². The summed E-state index contributed by atoms with van der Waals surface area (Å²) in [6.07, 6.45) is 2.81. The van der Waals surface area contributed by atoms with E-state index >= 15 is 0 Å². The van der Waals surface area contributed by atoms with Crippen LogP contribution in [-0.2, 0) is 11.2 Å². The van der Waals surface area contributed by atoms with E-state index in [2.05, 4.69) is 22.8 Å². The zero-order chi connectivity index (χ0) is 13.7. The third-order valence-corrected chi connectivity index (χ3v) is 3.32. The van der Waals surface area contributed by atoms with Crippen LogP contribution < -0.4 is 16.4 Å². The lowest BCUT2D eigenvalue weighted by atomic mass is 10.1. The van der Waals surface area contributed by atoms with E-state index in [0.717, 1.165) is 12.8 Å². The second kappa shape index (κ2) is 6.22. The molecule has 0 spiro atoms. The van der Waals surface area contributed by atoms with Crippen LogP contribution >= 0.6 is 0 Å². The highest BCUT2D eigenvalue weighted by Crippen LogP contribution is 2.30. The van der Waals surface area contributed by atoms with Crippen molar-refractivity contribution in [1.82, 2.24) is 10.6 Å². The van der Waals surface area contributed by atoms with Crippen LogP contribution in [0.15, 0.2) is 24.3 Å². The topological polar surface area (TPSA) is 84.2 Å². The largest absolute Gasteiger partial charge is 0.370 e. The van der Waals surface area contributed by atoms with E-state index in [4.69, 9.17) is 5.73 Å². The van der Waals surface area contributed by atoms with E-state index in [9.17, 15) is 9.59 Å². The maximum atomic E-state index is 11.7. The first-order chi connectivity index (χ1) is 9.16. The number of hydrogen-bond acceptors (Lipinski definition) is 2. The predicted molar refractivity (Wildman–Crippen MR) is 72.5 cm³/mol. The van der Waals surface area contributed by atoms with Crippen molar-refractivity contribution in [3.8, 4) is 0 Å². The van der Waals surface area contributed by atoms with Crippen LogP contribution in [0, 0.1) is 0 Å². The van der Waals surface area contributed by atoms with Crippen LogP contribution in [0.5, 0.6) is 0 Å². The molecular formula is C14H19N3O2. The summed E-state index contributed by atoms with van der Waals surface area (Å²) in [6.45, 7) is 0.461. The van der Waals surface area contributed by atoms with Crippen molar-refractivity contribution < 1.29 is 9.59 Å². The zero-order valence-electron chi connectivity index (χ0n) is 10.8. The minimum atomic E-state index is -0.341. The van der Waals surface area contributed by atoms with E-state index < -0.39 is 0 Å². The summed E-state index contributed by atoms with van der Waals surface area (Å²) in [6, 6.07) is 8.06. The third kappa shape index (κ3) is 3.71. The number of fused-ring (bicyclic) bond motifs is 1. The number of urea groups is 1. The monoisotopic (exact) mass is 261 g/mol. The first-order valence-corrected chi connectivity index (χ1v) is 6.57. The average Bonchev–Trinajstić information content (AvgIpc) is 2.78. The molecule has 3 amide bonds. The highest BCUT2D eigenvalue weighted by atomic mass is 16.2. The van der Waals surface area contributed by atoms with Crippen LogP contribution in [-0.4, -0.2) is 18.5 Å². The fourth-order valence-corrected chi connectivity index (χ4v) is 2.38. The second-order valence-corrected chi connectivity index (χ2v) is 4.76. The molecule has 2 rings (SSSR count). The molecular weight excluding hydrogens is 242 g/mol. The Hall–Kier alpha value is -2.04. The Bertz CT molecular complexity index is 474. The molecule has 0 aliphatic heterocycles. The molecule has 0 saturated heterocycles. The third-order valence-electron chi connectivity index (χ3n) is 3.32. The number of nitrogens with two attached hydrogens (primary N) is 1. The van der Waals surface area contributed by atoms with E-state index in [-0.39, 0.29) is 18.0 Å². The fourth-order valence-electron chi connectivity index (χ4n) is 2.38. The summed E-state index contributed by atoms with van der Waals surface area (Å²) in [4.78, 5) is 22.3. The Morgan fingerprint density at radius 3 is 2.89 bits per heavy atom. The molecule has 1 aliphatic carbocycles. The molecule has 5 heteroatoms. The van der Waals surface area contributed by atoms with Crippen molar-refractivity contribution in [3.63, 3.8) is 0 Å². The first kappa shape index (κ1) is 13.4. The number of nitrogens with one attached hydrogen (secondary N) is 2. The SMILES string of the molecule is NC(=O)CCCNC(=O)N[C@H]1CCc2ccccc21. The number of primary amides is 1. The van der Waals surface area contributed by atoms with Crippen molar-refractivity contribution >= 4 is 11.9 Å². The van der Waals surface area contributed by atoms with Crippen molar-refractivity contribution in [2.24, 2.45) is 5.73 Å². The van der Waals surface area contributed by atoms with Crippen LogP contribution in [0.4, 0.5) is 4.79 Å². The molecule has 0 heterocycles. The molecule has 1 aromatic rings. The van der Waals surface area contributed by atoms with Gasteiger partial charge in [0, 0.05) is 13.0 Å². The lowest BCUT2D eigenvalue weighted by molar-refractivity contribution is -0.118. The molecule has 1 atom stereocenters. The number of rotatable bonds is 5. The Morgan fingerprint density at radius 2 is 2.11 bits per heavy atom. The van der Waals surface area contributed by atoms with Gasteiger partial charge in [0.1, 0.15) is 0 Å². The van der Waals surface area contributed by atoms with Gasteiger partial charge in [-0.2, -0.15) is 0 Å². The van der Waals surface area contributed by atoms with Gasteiger partial charge in [0.05, 0.1) is 6.04 Å². The standard InChI is InChI=1S/C14H19N3O2/c15-13(18)6-3-9-16-14(19)17-12-8-7-10-4-1-2-5-11(10)12/h1-2,4-5,12H,3,6-9H2,(H2,15,18)(H2,16,17,19)/t12-/m0/s1. The van der Waals surface area contributed by atoms with Crippen molar-refractivity contribution in [3.05, 3.63) is 35.4 Å². The number of hydrogen-bond donors (Lipinski definition) is 3. The molecule has 0 bridgehead atoms. The smallest absolute Gasteiger partial charge is 0.315 e. The van der Waals surface area contributed by atoms with Gasteiger partial charge in [-0.1, -0.05) is 24.3 Å². The number of carbonyl (C=O) groups excluding carboxylic acids is 2. The van der Waals surface area contributed by atoms with Crippen LogP contribution in [0.3, 0.4) is 0 Å². The molecule has 0 unspecified atom stereocenters. The Morgan fingerprint density at radius 1 is 1.32 bits per heavy atom.